The summed E-state index contributed by atoms with van der Waals surface area (Å²) in [6, 6.07) is 9.62. The Hall–Kier alpha value is -1.34. The third-order valence-corrected chi connectivity index (χ3v) is 3.78. The lowest BCUT2D eigenvalue weighted by atomic mass is 10.1. The zero-order valence-electron chi connectivity index (χ0n) is 8.95. The lowest BCUT2D eigenvalue weighted by Gasteiger charge is -2.04. The molecule has 18 heavy (non-hydrogen) atoms. The second-order valence-electron chi connectivity index (χ2n) is 3.40. The van der Waals surface area contributed by atoms with E-state index in [9.17, 15) is 4.39 Å². The third kappa shape index (κ3) is 2.56. The average molecular weight is 298 g/mol. The molecule has 0 unspecified atom stereocenters. The molecule has 2 rings (SSSR count). The highest BCUT2D eigenvalue weighted by atomic mass is 35.5. The zero-order valence-corrected chi connectivity index (χ0v) is 11.3. The first-order valence-corrected chi connectivity index (χ1v) is 6.56. The number of benzene rings is 1. The quantitative estimate of drug-likeness (QED) is 0.701. The molecule has 0 amide bonds. The van der Waals surface area contributed by atoms with Crippen molar-refractivity contribution in [2.75, 3.05) is 0 Å². The van der Waals surface area contributed by atoms with Crippen molar-refractivity contribution in [3.8, 4) is 6.07 Å². The molecule has 0 fully saturated rings. The Morgan fingerprint density at radius 3 is 2.72 bits per heavy atom. The summed E-state index contributed by atoms with van der Waals surface area (Å²) in [7, 11) is 0. The Kier molecular flexibility index (Phi) is 4.03. The van der Waals surface area contributed by atoms with E-state index >= 15 is 0 Å². The van der Waals surface area contributed by atoms with Gasteiger partial charge in [0.15, 0.2) is 0 Å². The van der Waals surface area contributed by atoms with E-state index in [0.717, 1.165) is 0 Å². The summed E-state index contributed by atoms with van der Waals surface area (Å²) < 4.78 is 13.7. The number of allylic oxidation sites excluding steroid dienone is 1. The smallest absolute Gasteiger partial charge is 0.132 e. The summed E-state index contributed by atoms with van der Waals surface area (Å²) in [5, 5.41) is 11.4. The summed E-state index contributed by atoms with van der Waals surface area (Å²) in [4.78, 5) is 0.696. The van der Waals surface area contributed by atoms with Gasteiger partial charge in [-0.2, -0.15) is 5.26 Å². The van der Waals surface area contributed by atoms with Crippen molar-refractivity contribution in [2.45, 2.75) is 0 Å². The van der Waals surface area contributed by atoms with E-state index in [2.05, 4.69) is 0 Å². The average Bonchev–Trinajstić information content (AvgIpc) is 2.87. The molecule has 0 atom stereocenters. The minimum atomic E-state index is -0.506. The first kappa shape index (κ1) is 13.1. The van der Waals surface area contributed by atoms with Crippen molar-refractivity contribution in [3.05, 3.63) is 57.0 Å². The van der Waals surface area contributed by atoms with Crippen LogP contribution in [-0.4, -0.2) is 0 Å². The second-order valence-corrected chi connectivity index (χ2v) is 5.16. The van der Waals surface area contributed by atoms with Crippen LogP contribution in [-0.2, 0) is 0 Å². The van der Waals surface area contributed by atoms with Crippen molar-refractivity contribution in [1.82, 2.24) is 0 Å². The van der Waals surface area contributed by atoms with Gasteiger partial charge in [-0.25, -0.2) is 4.39 Å². The highest BCUT2D eigenvalue weighted by Crippen LogP contribution is 2.33. The minimum Gasteiger partial charge on any atom is -0.206 e. The number of nitriles is 1. The molecule has 0 spiro atoms. The summed E-state index contributed by atoms with van der Waals surface area (Å²) in [5.41, 5.74) is 0.377. The van der Waals surface area contributed by atoms with E-state index in [1.807, 2.05) is 11.4 Å². The van der Waals surface area contributed by atoms with E-state index < -0.39 is 5.82 Å². The predicted molar refractivity (Wildman–Crippen MR) is 74.0 cm³/mol. The molecule has 90 valence electrons. The molecule has 5 heteroatoms. The van der Waals surface area contributed by atoms with Crippen LogP contribution >= 0.6 is 34.5 Å². The van der Waals surface area contributed by atoms with Gasteiger partial charge < -0.3 is 0 Å². The standard InChI is InChI=1S/C13H6Cl2FNS/c14-8-3-4-11(16)9(6-8)13(15)10(7-17)12-2-1-5-18-12/h1-6H. The molecule has 1 nitrogen and oxygen atoms in total. The number of halogens is 3. The van der Waals surface area contributed by atoms with Crippen LogP contribution < -0.4 is 0 Å². The molecule has 1 heterocycles. The molecule has 1 aromatic carbocycles. The SMILES string of the molecule is N#CC(=C(Cl)c1cc(Cl)ccc1F)c1cccs1. The van der Waals surface area contributed by atoms with Gasteiger partial charge in [0.2, 0.25) is 0 Å². The van der Waals surface area contributed by atoms with Gasteiger partial charge in [-0.15, -0.1) is 11.3 Å². The van der Waals surface area contributed by atoms with Gasteiger partial charge in [-0.05, 0) is 29.6 Å². The Bertz CT molecular complexity index is 642. The van der Waals surface area contributed by atoms with Gasteiger partial charge in [0.1, 0.15) is 11.9 Å². The fourth-order valence-electron chi connectivity index (χ4n) is 1.43. The number of hydrogen-bond donors (Lipinski definition) is 0. The van der Waals surface area contributed by atoms with Crippen molar-refractivity contribution in [2.24, 2.45) is 0 Å². The van der Waals surface area contributed by atoms with Crippen molar-refractivity contribution >= 4 is 45.1 Å². The summed E-state index contributed by atoms with van der Waals surface area (Å²) in [6.45, 7) is 0. The second kappa shape index (κ2) is 5.53. The van der Waals surface area contributed by atoms with E-state index in [-0.39, 0.29) is 16.2 Å². The highest BCUT2D eigenvalue weighted by molar-refractivity contribution is 7.11. The van der Waals surface area contributed by atoms with Crippen LogP contribution in [0.3, 0.4) is 0 Å². The van der Waals surface area contributed by atoms with Gasteiger partial charge in [0.05, 0.1) is 10.6 Å². The fourth-order valence-corrected chi connectivity index (χ4v) is 2.68. The van der Waals surface area contributed by atoms with E-state index in [4.69, 9.17) is 28.5 Å². The van der Waals surface area contributed by atoms with Crippen LogP contribution in [0.4, 0.5) is 4.39 Å². The summed E-state index contributed by atoms with van der Waals surface area (Å²) in [6.07, 6.45) is 0. The van der Waals surface area contributed by atoms with Crippen LogP contribution in [0.25, 0.3) is 10.6 Å². The molecule has 1 aromatic heterocycles. The molecule has 2 aromatic rings. The van der Waals surface area contributed by atoms with Gasteiger partial charge in [0, 0.05) is 15.5 Å². The number of hydrogen-bond acceptors (Lipinski definition) is 2. The van der Waals surface area contributed by atoms with Gasteiger partial charge >= 0.3 is 0 Å². The van der Waals surface area contributed by atoms with Crippen LogP contribution in [0.1, 0.15) is 10.4 Å². The topological polar surface area (TPSA) is 23.8 Å². The lowest BCUT2D eigenvalue weighted by molar-refractivity contribution is 0.625. The molecule has 0 aliphatic heterocycles. The van der Waals surface area contributed by atoms with Crippen LogP contribution in [0, 0.1) is 17.1 Å². The Morgan fingerprint density at radius 1 is 1.33 bits per heavy atom. The molecule has 0 radical (unpaired) electrons. The van der Waals surface area contributed by atoms with E-state index in [1.54, 1.807) is 12.1 Å². The third-order valence-electron chi connectivity index (χ3n) is 2.26. The molecule has 0 bridgehead atoms. The largest absolute Gasteiger partial charge is 0.206 e. The minimum absolute atomic E-state index is 0.0694. The highest BCUT2D eigenvalue weighted by Gasteiger charge is 2.14. The molecular formula is C13H6Cl2FNS. The summed E-state index contributed by atoms with van der Waals surface area (Å²) >= 11 is 13.3. The first-order valence-electron chi connectivity index (χ1n) is 4.92. The molecule has 0 N–H and O–H groups in total. The van der Waals surface area contributed by atoms with Crippen LogP contribution in [0.5, 0.6) is 0 Å². The monoisotopic (exact) mass is 297 g/mol. The van der Waals surface area contributed by atoms with Crippen LogP contribution in [0.15, 0.2) is 35.7 Å². The number of nitrogens with zero attached hydrogens (tertiary/aromatic N) is 1. The summed E-state index contributed by atoms with van der Waals surface area (Å²) in [5.74, 6) is -0.506. The Labute approximate surface area is 118 Å². The zero-order chi connectivity index (χ0) is 13.1. The molecule has 0 saturated carbocycles. The maximum atomic E-state index is 13.7. The maximum Gasteiger partial charge on any atom is 0.132 e. The Balaban J connectivity index is 2.62. The van der Waals surface area contributed by atoms with Crippen molar-refractivity contribution in [3.63, 3.8) is 0 Å². The molecule has 0 aliphatic carbocycles. The first-order chi connectivity index (χ1) is 8.63. The number of thiophene rings is 1. The van der Waals surface area contributed by atoms with Crippen molar-refractivity contribution in [1.29, 1.82) is 5.26 Å². The molecular weight excluding hydrogens is 292 g/mol. The normalized spacial score (nSPS) is 11.9. The van der Waals surface area contributed by atoms with Crippen LogP contribution in [0.2, 0.25) is 5.02 Å². The molecule has 0 saturated heterocycles. The molecule has 0 aliphatic rings. The Morgan fingerprint density at radius 2 is 2.11 bits per heavy atom. The van der Waals surface area contributed by atoms with Crippen molar-refractivity contribution < 1.29 is 4.39 Å². The van der Waals surface area contributed by atoms with Gasteiger partial charge in [0.25, 0.3) is 0 Å². The van der Waals surface area contributed by atoms with E-state index in [1.165, 1.54) is 29.5 Å². The number of rotatable bonds is 2. The predicted octanol–water partition coefficient (Wildman–Crippen LogP) is 5.17. The van der Waals surface area contributed by atoms with Gasteiger partial charge in [-0.1, -0.05) is 29.3 Å². The maximum absolute atomic E-state index is 13.7. The van der Waals surface area contributed by atoms with Gasteiger partial charge in [-0.3, -0.25) is 0 Å². The van der Waals surface area contributed by atoms with E-state index in [0.29, 0.717) is 9.90 Å². The fraction of sp³-hybridized carbons (Fsp3) is 0. The lowest BCUT2D eigenvalue weighted by Crippen LogP contribution is -1.88.